The molecule has 1 unspecified atom stereocenters. The van der Waals surface area contributed by atoms with E-state index in [0.717, 1.165) is 0 Å². The van der Waals surface area contributed by atoms with Gasteiger partial charge in [0, 0.05) is 25.0 Å². The van der Waals surface area contributed by atoms with Crippen molar-refractivity contribution in [2.45, 2.75) is 25.9 Å². The van der Waals surface area contributed by atoms with E-state index in [0.29, 0.717) is 30.2 Å². The van der Waals surface area contributed by atoms with Crippen LogP contribution >= 0.6 is 0 Å². The van der Waals surface area contributed by atoms with Gasteiger partial charge in [-0.3, -0.25) is 4.79 Å². The molecule has 1 fully saturated rings. The first-order valence-corrected chi connectivity index (χ1v) is 9.90. The minimum absolute atomic E-state index is 0.117. The number of nitrogens with one attached hydrogen (secondary N) is 1. The smallest absolute Gasteiger partial charge is 0.254 e. The fourth-order valence-electron chi connectivity index (χ4n) is 2.85. The summed E-state index contributed by atoms with van der Waals surface area (Å²) in [6.07, 6.45) is 5.02. The number of hydrogen-bond acceptors (Lipinski definition) is 7. The second kappa shape index (κ2) is 7.22. The maximum Gasteiger partial charge on any atom is 0.254 e. The zero-order valence-corrected chi connectivity index (χ0v) is 14.7. The summed E-state index contributed by atoms with van der Waals surface area (Å²) in [5.74, 6) is 1.11. The molecular weight excluding hydrogens is 344 g/mol. The van der Waals surface area contributed by atoms with Crippen molar-refractivity contribution in [1.29, 1.82) is 0 Å². The van der Waals surface area contributed by atoms with Crippen LogP contribution in [-0.4, -0.2) is 48.4 Å². The van der Waals surface area contributed by atoms with Crippen molar-refractivity contribution in [1.82, 2.24) is 15.3 Å². The van der Waals surface area contributed by atoms with Gasteiger partial charge >= 0.3 is 0 Å². The molecule has 0 radical (unpaired) electrons. The predicted molar refractivity (Wildman–Crippen MR) is 92.0 cm³/mol. The molecule has 1 aliphatic rings. The molecule has 1 N–H and O–H groups in total. The van der Waals surface area contributed by atoms with E-state index in [1.165, 1.54) is 12.4 Å². The average Bonchev–Trinajstić information content (AvgIpc) is 3.23. The Balaban J connectivity index is 1.65. The molecule has 1 amide bonds. The number of sulfone groups is 1. The molecule has 0 saturated carbocycles. The number of hydrogen-bond donors (Lipinski definition) is 1. The Morgan fingerprint density at radius 1 is 1.40 bits per heavy atom. The summed E-state index contributed by atoms with van der Waals surface area (Å²) >= 11 is 0. The highest BCUT2D eigenvalue weighted by Gasteiger charge is 2.32. The summed E-state index contributed by atoms with van der Waals surface area (Å²) in [6.45, 7) is 2.82. The van der Waals surface area contributed by atoms with Gasteiger partial charge in [0.2, 0.25) is 5.95 Å². The molecule has 0 aromatic carbocycles. The quantitative estimate of drug-likeness (QED) is 0.815. The van der Waals surface area contributed by atoms with Gasteiger partial charge in [0.05, 0.1) is 29.9 Å². The monoisotopic (exact) mass is 364 g/mol. The third-order valence-electron chi connectivity index (χ3n) is 4.15. The molecule has 8 nitrogen and oxygen atoms in total. The number of furan rings is 1. The first-order chi connectivity index (χ1) is 12.0. The van der Waals surface area contributed by atoms with E-state index in [2.05, 4.69) is 15.3 Å². The van der Waals surface area contributed by atoms with Crippen molar-refractivity contribution in [2.75, 3.05) is 23.0 Å². The number of carbonyl (C=O) groups excluding carboxylic acids is 1. The number of amides is 1. The minimum atomic E-state index is -2.98. The first-order valence-electron chi connectivity index (χ1n) is 8.08. The van der Waals surface area contributed by atoms with Crippen molar-refractivity contribution in [3.63, 3.8) is 0 Å². The number of carbonyl (C=O) groups is 1. The Bertz CT molecular complexity index is 818. The van der Waals surface area contributed by atoms with Crippen molar-refractivity contribution < 1.29 is 17.6 Å². The molecule has 25 heavy (non-hydrogen) atoms. The van der Waals surface area contributed by atoms with Gasteiger partial charge in [-0.2, -0.15) is 0 Å². The van der Waals surface area contributed by atoms with Crippen LogP contribution in [0.4, 0.5) is 5.95 Å². The van der Waals surface area contributed by atoms with E-state index in [4.69, 9.17) is 4.42 Å². The van der Waals surface area contributed by atoms with Crippen molar-refractivity contribution in [3.05, 3.63) is 42.1 Å². The van der Waals surface area contributed by atoms with Crippen LogP contribution in [0.1, 0.15) is 29.5 Å². The molecule has 1 atom stereocenters. The lowest BCUT2D eigenvalue weighted by Gasteiger charge is -2.26. The van der Waals surface area contributed by atoms with Crippen molar-refractivity contribution in [2.24, 2.45) is 0 Å². The third-order valence-corrected chi connectivity index (χ3v) is 5.90. The molecule has 1 aliphatic heterocycles. The van der Waals surface area contributed by atoms with Gasteiger partial charge in [0.15, 0.2) is 9.84 Å². The maximum absolute atomic E-state index is 12.1. The van der Waals surface area contributed by atoms with E-state index in [-0.39, 0.29) is 30.0 Å². The van der Waals surface area contributed by atoms with E-state index >= 15 is 0 Å². The Kier molecular flexibility index (Phi) is 5.03. The van der Waals surface area contributed by atoms with Gasteiger partial charge < -0.3 is 14.6 Å². The highest BCUT2D eigenvalue weighted by Crippen LogP contribution is 2.21. The van der Waals surface area contributed by atoms with E-state index < -0.39 is 9.84 Å². The summed E-state index contributed by atoms with van der Waals surface area (Å²) in [7, 11) is -2.98. The molecule has 0 bridgehead atoms. The Morgan fingerprint density at radius 3 is 2.72 bits per heavy atom. The second-order valence-corrected chi connectivity index (χ2v) is 8.11. The molecule has 134 valence electrons. The van der Waals surface area contributed by atoms with Gasteiger partial charge in [-0.05, 0) is 25.5 Å². The Hall–Kier alpha value is -2.42. The van der Waals surface area contributed by atoms with Gasteiger partial charge in [0.1, 0.15) is 5.76 Å². The number of rotatable bonds is 6. The number of nitrogens with zero attached hydrogens (tertiary/aromatic N) is 3. The van der Waals surface area contributed by atoms with Crippen LogP contribution in [0.25, 0.3) is 0 Å². The lowest BCUT2D eigenvalue weighted by Crippen LogP contribution is -2.37. The highest BCUT2D eigenvalue weighted by atomic mass is 32.2. The standard InChI is InChI=1S/C16H20N4O4S/c1-2-20(13-5-7-25(22,23)11-13)16-18-8-12(9-19-16)15(21)17-10-14-4-3-6-24-14/h3-4,6,8-9,13H,2,5,7,10-11H2,1H3,(H,17,21). The topological polar surface area (TPSA) is 105 Å². The summed E-state index contributed by atoms with van der Waals surface area (Å²) in [6, 6.07) is 3.41. The zero-order valence-electron chi connectivity index (χ0n) is 13.9. The fourth-order valence-corrected chi connectivity index (χ4v) is 4.58. The maximum atomic E-state index is 12.1. The molecule has 1 saturated heterocycles. The second-order valence-electron chi connectivity index (χ2n) is 5.88. The van der Waals surface area contributed by atoms with Crippen LogP contribution in [-0.2, 0) is 16.4 Å². The van der Waals surface area contributed by atoms with Gasteiger partial charge in [-0.25, -0.2) is 18.4 Å². The van der Waals surface area contributed by atoms with Crippen LogP contribution in [0.3, 0.4) is 0 Å². The van der Waals surface area contributed by atoms with E-state index in [9.17, 15) is 13.2 Å². The molecule has 2 aromatic rings. The molecule has 3 rings (SSSR count). The van der Waals surface area contributed by atoms with Crippen LogP contribution in [0, 0.1) is 0 Å². The van der Waals surface area contributed by atoms with E-state index in [1.54, 1.807) is 18.4 Å². The zero-order chi connectivity index (χ0) is 17.9. The number of aromatic nitrogens is 2. The van der Waals surface area contributed by atoms with Gasteiger partial charge in [-0.1, -0.05) is 0 Å². The SMILES string of the molecule is CCN(c1ncc(C(=O)NCc2ccco2)cn1)C1CCS(=O)(=O)C1. The molecule has 2 aromatic heterocycles. The summed E-state index contributed by atoms with van der Waals surface area (Å²) in [5, 5.41) is 2.72. The third kappa shape index (κ3) is 4.16. The predicted octanol–water partition coefficient (Wildman–Crippen LogP) is 1.01. The molecule has 0 aliphatic carbocycles. The van der Waals surface area contributed by atoms with Crippen molar-refractivity contribution in [3.8, 4) is 0 Å². The van der Waals surface area contributed by atoms with Crippen LogP contribution in [0.15, 0.2) is 35.2 Å². The van der Waals surface area contributed by atoms with Crippen LogP contribution in [0.5, 0.6) is 0 Å². The lowest BCUT2D eigenvalue weighted by molar-refractivity contribution is 0.0947. The summed E-state index contributed by atoms with van der Waals surface area (Å²) in [4.78, 5) is 22.5. The molecule has 9 heteroatoms. The van der Waals surface area contributed by atoms with Crippen LogP contribution in [0.2, 0.25) is 0 Å². The molecule has 0 spiro atoms. The molecule has 3 heterocycles. The minimum Gasteiger partial charge on any atom is -0.467 e. The van der Waals surface area contributed by atoms with Crippen LogP contribution < -0.4 is 10.2 Å². The Labute approximate surface area is 146 Å². The normalized spacial score (nSPS) is 18.8. The summed E-state index contributed by atoms with van der Waals surface area (Å²) in [5.41, 5.74) is 0.338. The summed E-state index contributed by atoms with van der Waals surface area (Å²) < 4.78 is 28.5. The van der Waals surface area contributed by atoms with E-state index in [1.807, 2.05) is 11.8 Å². The Morgan fingerprint density at radius 2 is 2.16 bits per heavy atom. The molecular formula is C16H20N4O4S. The largest absolute Gasteiger partial charge is 0.467 e. The first kappa shape index (κ1) is 17.4. The van der Waals surface area contributed by atoms with Gasteiger partial charge in [0.25, 0.3) is 5.91 Å². The van der Waals surface area contributed by atoms with Crippen molar-refractivity contribution >= 4 is 21.7 Å². The van der Waals surface area contributed by atoms with Gasteiger partial charge in [-0.15, -0.1) is 0 Å². The highest BCUT2D eigenvalue weighted by molar-refractivity contribution is 7.91. The lowest BCUT2D eigenvalue weighted by atomic mass is 10.2. The fraction of sp³-hybridized carbons (Fsp3) is 0.438. The number of anilines is 1. The average molecular weight is 364 g/mol.